The normalized spacial score (nSPS) is 11.1. The zero-order valence-electron chi connectivity index (χ0n) is 15.9. The molecule has 1 N–H and O–H groups in total. The molecule has 0 spiro atoms. The average Bonchev–Trinajstić information content (AvgIpc) is 2.72. The minimum absolute atomic E-state index is 0.0186. The summed E-state index contributed by atoms with van der Waals surface area (Å²) >= 11 is 0. The van der Waals surface area contributed by atoms with Crippen LogP contribution in [0.3, 0.4) is 0 Å². The lowest BCUT2D eigenvalue weighted by Crippen LogP contribution is -2.41. The van der Waals surface area contributed by atoms with Crippen molar-refractivity contribution in [3.63, 3.8) is 0 Å². The van der Waals surface area contributed by atoms with Crippen molar-refractivity contribution in [2.24, 2.45) is 0 Å². The van der Waals surface area contributed by atoms with Crippen LogP contribution in [0.15, 0.2) is 83.8 Å². The predicted molar refractivity (Wildman–Crippen MR) is 110 cm³/mol. The molecule has 0 heterocycles. The van der Waals surface area contributed by atoms with E-state index in [1.807, 2.05) is 31.2 Å². The summed E-state index contributed by atoms with van der Waals surface area (Å²) < 4.78 is 41.5. The monoisotopic (exact) mass is 412 g/mol. The molecule has 5 nitrogen and oxygen atoms in total. The molecule has 0 aliphatic rings. The van der Waals surface area contributed by atoms with E-state index >= 15 is 0 Å². The number of nitrogens with zero attached hydrogens (tertiary/aromatic N) is 1. The molecule has 7 heteroatoms. The second kappa shape index (κ2) is 8.87. The molecule has 0 fully saturated rings. The number of hydrogen-bond donors (Lipinski definition) is 1. The number of anilines is 1. The van der Waals surface area contributed by atoms with Gasteiger partial charge in [0, 0.05) is 6.54 Å². The molecule has 0 radical (unpaired) electrons. The Bertz CT molecular complexity index is 1100. The lowest BCUT2D eigenvalue weighted by molar-refractivity contribution is -0.119. The van der Waals surface area contributed by atoms with Crippen LogP contribution in [0.5, 0.6) is 0 Å². The molecule has 1 amide bonds. The van der Waals surface area contributed by atoms with Gasteiger partial charge in [0.15, 0.2) is 0 Å². The van der Waals surface area contributed by atoms with Gasteiger partial charge in [-0.1, -0.05) is 54.6 Å². The maximum absolute atomic E-state index is 14.4. The maximum Gasteiger partial charge on any atom is 0.264 e. The number of hydrogen-bond acceptors (Lipinski definition) is 3. The van der Waals surface area contributed by atoms with Crippen molar-refractivity contribution >= 4 is 21.6 Å². The number of rotatable bonds is 7. The third-order valence-electron chi connectivity index (χ3n) is 4.48. The van der Waals surface area contributed by atoms with Crippen LogP contribution in [0, 0.1) is 12.7 Å². The van der Waals surface area contributed by atoms with Crippen molar-refractivity contribution in [2.75, 3.05) is 10.8 Å². The highest BCUT2D eigenvalue weighted by Gasteiger charge is 2.28. The Kier molecular flexibility index (Phi) is 6.29. The Balaban J connectivity index is 1.87. The fraction of sp³-hybridized carbons (Fsp3) is 0.136. The molecule has 0 bridgehead atoms. The summed E-state index contributed by atoms with van der Waals surface area (Å²) in [5.74, 6) is -1.25. The van der Waals surface area contributed by atoms with Crippen LogP contribution in [-0.2, 0) is 21.4 Å². The molecule has 0 aliphatic carbocycles. The first-order valence-electron chi connectivity index (χ1n) is 9.03. The van der Waals surface area contributed by atoms with E-state index in [2.05, 4.69) is 5.32 Å². The summed E-state index contributed by atoms with van der Waals surface area (Å²) in [4.78, 5) is 12.5. The van der Waals surface area contributed by atoms with Gasteiger partial charge in [-0.15, -0.1) is 0 Å². The summed E-state index contributed by atoms with van der Waals surface area (Å²) in [6.07, 6.45) is 0. The highest BCUT2D eigenvalue weighted by molar-refractivity contribution is 7.92. The molecule has 29 heavy (non-hydrogen) atoms. The first-order chi connectivity index (χ1) is 13.9. The zero-order valence-corrected chi connectivity index (χ0v) is 16.7. The first kappa shape index (κ1) is 20.5. The van der Waals surface area contributed by atoms with Crippen LogP contribution in [0.4, 0.5) is 10.1 Å². The van der Waals surface area contributed by atoms with E-state index in [1.54, 1.807) is 18.2 Å². The molecule has 3 aromatic carbocycles. The van der Waals surface area contributed by atoms with Gasteiger partial charge in [0.1, 0.15) is 12.4 Å². The summed E-state index contributed by atoms with van der Waals surface area (Å²) in [6.45, 7) is 1.64. The average molecular weight is 412 g/mol. The molecule has 0 saturated carbocycles. The van der Waals surface area contributed by atoms with Gasteiger partial charge >= 0.3 is 0 Å². The van der Waals surface area contributed by atoms with Gasteiger partial charge < -0.3 is 5.32 Å². The van der Waals surface area contributed by atoms with Gasteiger partial charge in [0.05, 0.1) is 10.6 Å². The van der Waals surface area contributed by atoms with Gasteiger partial charge in [-0.2, -0.15) is 0 Å². The van der Waals surface area contributed by atoms with E-state index in [4.69, 9.17) is 0 Å². The first-order valence-corrected chi connectivity index (χ1v) is 10.5. The Morgan fingerprint density at radius 3 is 2.24 bits per heavy atom. The minimum atomic E-state index is -4.13. The molecule has 150 valence electrons. The van der Waals surface area contributed by atoms with Crippen molar-refractivity contribution in [2.45, 2.75) is 18.4 Å². The van der Waals surface area contributed by atoms with Gasteiger partial charge in [-0.25, -0.2) is 12.8 Å². The second-order valence-electron chi connectivity index (χ2n) is 6.48. The smallest absolute Gasteiger partial charge is 0.264 e. The summed E-state index contributed by atoms with van der Waals surface area (Å²) in [5.41, 5.74) is 1.75. The predicted octanol–water partition coefficient (Wildman–Crippen LogP) is 3.65. The lowest BCUT2D eigenvalue weighted by atomic mass is 10.1. The molecule has 0 atom stereocenters. The van der Waals surface area contributed by atoms with Gasteiger partial charge in [0.2, 0.25) is 5.91 Å². The van der Waals surface area contributed by atoms with Crippen LogP contribution in [0.2, 0.25) is 0 Å². The van der Waals surface area contributed by atoms with Crippen LogP contribution in [0.1, 0.15) is 11.1 Å². The molecule has 3 aromatic rings. The molecule has 0 aliphatic heterocycles. The van der Waals surface area contributed by atoms with E-state index in [0.29, 0.717) is 0 Å². The SMILES string of the molecule is Cc1ccccc1CNC(=O)CN(c1ccccc1F)S(=O)(=O)c1ccccc1. The van der Waals surface area contributed by atoms with Crippen LogP contribution >= 0.6 is 0 Å². The Hall–Kier alpha value is -3.19. The quantitative estimate of drug-likeness (QED) is 0.644. The van der Waals surface area contributed by atoms with Gasteiger partial charge in [-0.3, -0.25) is 9.10 Å². The minimum Gasteiger partial charge on any atom is -0.350 e. The molecular weight excluding hydrogens is 391 g/mol. The number of nitrogens with one attached hydrogen (secondary N) is 1. The van der Waals surface area contributed by atoms with Gasteiger partial charge in [0.25, 0.3) is 10.0 Å². The highest BCUT2D eigenvalue weighted by Crippen LogP contribution is 2.26. The van der Waals surface area contributed by atoms with Crippen molar-refractivity contribution < 1.29 is 17.6 Å². The number of halogens is 1. The number of carbonyl (C=O) groups is 1. The van der Waals surface area contributed by atoms with Crippen LogP contribution in [-0.4, -0.2) is 20.9 Å². The fourth-order valence-electron chi connectivity index (χ4n) is 2.86. The van der Waals surface area contributed by atoms with E-state index in [9.17, 15) is 17.6 Å². The fourth-order valence-corrected chi connectivity index (χ4v) is 4.31. The van der Waals surface area contributed by atoms with E-state index in [1.165, 1.54) is 30.3 Å². The lowest BCUT2D eigenvalue weighted by Gasteiger charge is -2.24. The number of carbonyl (C=O) groups excluding carboxylic acids is 1. The number of aryl methyl sites for hydroxylation is 1. The maximum atomic E-state index is 14.4. The van der Waals surface area contributed by atoms with Crippen molar-refractivity contribution in [1.82, 2.24) is 5.32 Å². The molecular formula is C22H21FN2O3S. The second-order valence-corrected chi connectivity index (χ2v) is 8.34. The summed E-state index contributed by atoms with van der Waals surface area (Å²) in [6, 6.07) is 20.7. The van der Waals surface area contributed by atoms with E-state index in [0.717, 1.165) is 21.5 Å². The highest BCUT2D eigenvalue weighted by atomic mass is 32.2. The van der Waals surface area contributed by atoms with Gasteiger partial charge in [-0.05, 0) is 42.3 Å². The Morgan fingerprint density at radius 2 is 1.55 bits per heavy atom. The zero-order chi connectivity index (χ0) is 20.9. The third-order valence-corrected chi connectivity index (χ3v) is 6.25. The van der Waals surface area contributed by atoms with E-state index < -0.39 is 28.3 Å². The number of benzene rings is 3. The Morgan fingerprint density at radius 1 is 0.931 bits per heavy atom. The molecule has 3 rings (SSSR count). The summed E-state index contributed by atoms with van der Waals surface area (Å²) in [7, 11) is -4.13. The topological polar surface area (TPSA) is 66.5 Å². The van der Waals surface area contributed by atoms with Crippen molar-refractivity contribution in [1.29, 1.82) is 0 Å². The largest absolute Gasteiger partial charge is 0.350 e. The third kappa shape index (κ3) is 4.81. The summed E-state index contributed by atoms with van der Waals surface area (Å²) in [5, 5.41) is 2.72. The van der Waals surface area contributed by atoms with E-state index in [-0.39, 0.29) is 17.1 Å². The van der Waals surface area contributed by atoms with Crippen molar-refractivity contribution in [3.8, 4) is 0 Å². The molecule has 0 unspecified atom stereocenters. The number of amides is 1. The molecule has 0 aromatic heterocycles. The van der Waals surface area contributed by atoms with Crippen LogP contribution < -0.4 is 9.62 Å². The standard InChI is InChI=1S/C22H21FN2O3S/c1-17-9-5-6-10-18(17)15-24-22(26)16-25(21-14-8-7-13-20(21)23)29(27,28)19-11-3-2-4-12-19/h2-14H,15-16H2,1H3,(H,24,26). The van der Waals surface area contributed by atoms with Crippen molar-refractivity contribution in [3.05, 3.63) is 95.8 Å². The number of sulfonamides is 1. The van der Waals surface area contributed by atoms with Crippen LogP contribution in [0.25, 0.3) is 0 Å². The number of para-hydroxylation sites is 1. The Labute approximate surface area is 169 Å². The molecule has 0 saturated heterocycles.